The Hall–Kier alpha value is -1.04. The van der Waals surface area contributed by atoms with Crippen LogP contribution >= 0.6 is 23.4 Å². The minimum absolute atomic E-state index is 0.718. The normalized spacial score (nSPS) is 19.5. The van der Waals surface area contributed by atoms with E-state index in [1.54, 1.807) is 11.8 Å². The molecule has 1 atom stereocenters. The van der Waals surface area contributed by atoms with Gasteiger partial charge in [0.15, 0.2) is 5.82 Å². The first-order valence-corrected chi connectivity index (χ1v) is 9.10. The van der Waals surface area contributed by atoms with Gasteiger partial charge in [-0.1, -0.05) is 29.8 Å². The summed E-state index contributed by atoms with van der Waals surface area (Å²) in [7, 11) is 2.24. The molecule has 0 bridgehead atoms. The summed E-state index contributed by atoms with van der Waals surface area (Å²) in [4.78, 5) is 7.04. The first-order valence-electron chi connectivity index (χ1n) is 7.74. The number of thioether (sulfide) groups is 1. The second-order valence-electron chi connectivity index (χ2n) is 5.74. The average molecular weight is 337 g/mol. The molecule has 0 amide bonds. The number of aromatic nitrogens is 3. The molecule has 1 fully saturated rings. The Labute approximate surface area is 140 Å². The smallest absolute Gasteiger partial charge is 0.208 e. The fourth-order valence-electron chi connectivity index (χ4n) is 2.84. The highest BCUT2D eigenvalue weighted by atomic mass is 35.5. The number of aromatic amines is 1. The van der Waals surface area contributed by atoms with Gasteiger partial charge in [-0.2, -0.15) is 0 Å². The Kier molecular flexibility index (Phi) is 5.39. The lowest BCUT2D eigenvalue weighted by atomic mass is 10.0. The fourth-order valence-corrected chi connectivity index (χ4v) is 3.81. The zero-order valence-corrected chi connectivity index (χ0v) is 14.3. The molecule has 118 valence electrons. The highest BCUT2D eigenvalue weighted by Gasteiger charge is 2.18. The third-order valence-electron chi connectivity index (χ3n) is 4.19. The van der Waals surface area contributed by atoms with Crippen LogP contribution in [0, 0.1) is 0 Å². The topological polar surface area (TPSA) is 44.8 Å². The number of hydrogen-bond donors (Lipinski definition) is 1. The lowest BCUT2D eigenvalue weighted by Crippen LogP contribution is -2.36. The van der Waals surface area contributed by atoms with E-state index in [1.165, 1.54) is 32.2 Å². The molecule has 1 aliphatic heterocycles. The van der Waals surface area contributed by atoms with Crippen LogP contribution in [0.1, 0.15) is 25.7 Å². The van der Waals surface area contributed by atoms with E-state index in [4.69, 9.17) is 11.6 Å². The third kappa shape index (κ3) is 4.03. The van der Waals surface area contributed by atoms with Crippen molar-refractivity contribution in [2.24, 2.45) is 0 Å². The Morgan fingerprint density at radius 3 is 2.91 bits per heavy atom. The van der Waals surface area contributed by atoms with Crippen LogP contribution in [0.5, 0.6) is 0 Å². The Balaban J connectivity index is 1.52. The molecule has 1 unspecified atom stereocenters. The second-order valence-corrected chi connectivity index (χ2v) is 7.24. The SMILES string of the molecule is CN1CCCCC1CCSc1n[nH]c(-c2ccc(Cl)cc2)n1. The number of nitrogens with zero attached hydrogens (tertiary/aromatic N) is 3. The lowest BCUT2D eigenvalue weighted by Gasteiger charge is -2.32. The summed E-state index contributed by atoms with van der Waals surface area (Å²) in [6.45, 7) is 1.23. The van der Waals surface area contributed by atoms with Gasteiger partial charge in [0.05, 0.1) is 0 Å². The van der Waals surface area contributed by atoms with Gasteiger partial charge >= 0.3 is 0 Å². The maximum absolute atomic E-state index is 5.90. The molecule has 1 saturated heterocycles. The molecule has 1 N–H and O–H groups in total. The van der Waals surface area contributed by atoms with E-state index >= 15 is 0 Å². The first-order chi connectivity index (χ1) is 10.7. The quantitative estimate of drug-likeness (QED) is 0.835. The van der Waals surface area contributed by atoms with Gasteiger partial charge in [0.25, 0.3) is 0 Å². The predicted octanol–water partition coefficient (Wildman–Crippen LogP) is 4.09. The zero-order valence-electron chi connectivity index (χ0n) is 12.8. The lowest BCUT2D eigenvalue weighted by molar-refractivity contribution is 0.182. The van der Waals surface area contributed by atoms with E-state index in [9.17, 15) is 0 Å². The number of rotatable bonds is 5. The minimum atomic E-state index is 0.718. The summed E-state index contributed by atoms with van der Waals surface area (Å²) in [6.07, 6.45) is 5.22. The number of nitrogens with one attached hydrogen (secondary N) is 1. The van der Waals surface area contributed by atoms with Crippen molar-refractivity contribution in [2.75, 3.05) is 19.3 Å². The van der Waals surface area contributed by atoms with Crippen LogP contribution in [0.25, 0.3) is 11.4 Å². The maximum Gasteiger partial charge on any atom is 0.208 e. The molecule has 1 aromatic carbocycles. The maximum atomic E-state index is 5.90. The van der Waals surface area contributed by atoms with Gasteiger partial charge in [-0.3, -0.25) is 5.10 Å². The molecule has 0 aliphatic carbocycles. The minimum Gasteiger partial charge on any atom is -0.303 e. The highest BCUT2D eigenvalue weighted by molar-refractivity contribution is 7.99. The average Bonchev–Trinajstić information content (AvgIpc) is 2.99. The second kappa shape index (κ2) is 7.49. The summed E-state index contributed by atoms with van der Waals surface area (Å²) in [5.41, 5.74) is 1.01. The first kappa shape index (κ1) is 15.8. The van der Waals surface area contributed by atoms with Crippen molar-refractivity contribution in [2.45, 2.75) is 36.9 Å². The van der Waals surface area contributed by atoms with Crippen molar-refractivity contribution < 1.29 is 0 Å². The fraction of sp³-hybridized carbons (Fsp3) is 0.500. The van der Waals surface area contributed by atoms with Gasteiger partial charge in [0.2, 0.25) is 5.16 Å². The van der Waals surface area contributed by atoms with E-state index in [2.05, 4.69) is 27.1 Å². The Morgan fingerprint density at radius 2 is 2.14 bits per heavy atom. The molecule has 3 rings (SSSR count). The molecular formula is C16H21ClN4S. The van der Waals surface area contributed by atoms with Gasteiger partial charge in [-0.05, 0) is 57.1 Å². The summed E-state index contributed by atoms with van der Waals surface area (Å²) >= 11 is 7.63. The highest BCUT2D eigenvalue weighted by Crippen LogP contribution is 2.24. The zero-order chi connectivity index (χ0) is 15.4. The molecule has 2 aromatic rings. The van der Waals surface area contributed by atoms with Crippen LogP contribution in [-0.2, 0) is 0 Å². The number of likely N-dealkylation sites (tertiary alicyclic amines) is 1. The van der Waals surface area contributed by atoms with Gasteiger partial charge in [0.1, 0.15) is 0 Å². The molecule has 1 aromatic heterocycles. The van der Waals surface area contributed by atoms with Crippen LogP contribution in [0.15, 0.2) is 29.4 Å². The summed E-state index contributed by atoms with van der Waals surface area (Å²) in [6, 6.07) is 8.36. The molecule has 6 heteroatoms. The van der Waals surface area contributed by atoms with Crippen molar-refractivity contribution in [1.82, 2.24) is 20.1 Å². The Morgan fingerprint density at radius 1 is 1.32 bits per heavy atom. The van der Waals surface area contributed by atoms with Crippen molar-refractivity contribution in [1.29, 1.82) is 0 Å². The Bertz CT molecular complexity index is 598. The van der Waals surface area contributed by atoms with E-state index in [0.29, 0.717) is 0 Å². The standard InChI is InChI=1S/C16H21ClN4S/c1-21-10-3-2-4-14(21)9-11-22-16-18-15(19-20-16)12-5-7-13(17)8-6-12/h5-8,14H,2-4,9-11H2,1H3,(H,18,19,20). The monoisotopic (exact) mass is 336 g/mol. The van der Waals surface area contributed by atoms with Crippen LogP contribution in [-0.4, -0.2) is 45.5 Å². The number of benzene rings is 1. The summed E-state index contributed by atoms with van der Waals surface area (Å²) in [5, 5.41) is 8.85. The number of piperidine rings is 1. The van der Waals surface area contributed by atoms with Crippen molar-refractivity contribution in [3.05, 3.63) is 29.3 Å². The van der Waals surface area contributed by atoms with E-state index < -0.39 is 0 Å². The predicted molar refractivity (Wildman–Crippen MR) is 92.4 cm³/mol. The molecule has 2 heterocycles. The van der Waals surface area contributed by atoms with Crippen molar-refractivity contribution in [3.63, 3.8) is 0 Å². The summed E-state index contributed by atoms with van der Waals surface area (Å²) in [5.74, 6) is 1.86. The van der Waals surface area contributed by atoms with E-state index in [0.717, 1.165) is 33.4 Å². The molecule has 22 heavy (non-hydrogen) atoms. The largest absolute Gasteiger partial charge is 0.303 e. The van der Waals surface area contributed by atoms with Crippen LogP contribution in [0.4, 0.5) is 0 Å². The van der Waals surface area contributed by atoms with Crippen molar-refractivity contribution in [3.8, 4) is 11.4 Å². The van der Waals surface area contributed by atoms with E-state index in [-0.39, 0.29) is 0 Å². The molecule has 0 saturated carbocycles. The molecule has 0 spiro atoms. The van der Waals surface area contributed by atoms with Crippen LogP contribution in [0.3, 0.4) is 0 Å². The van der Waals surface area contributed by atoms with Gasteiger partial charge < -0.3 is 4.90 Å². The number of halogens is 1. The van der Waals surface area contributed by atoms with E-state index in [1.807, 2.05) is 24.3 Å². The number of hydrogen-bond acceptors (Lipinski definition) is 4. The van der Waals surface area contributed by atoms with Crippen LogP contribution in [0.2, 0.25) is 5.02 Å². The van der Waals surface area contributed by atoms with Gasteiger partial charge in [-0.25, -0.2) is 4.98 Å². The molecular weight excluding hydrogens is 316 g/mol. The van der Waals surface area contributed by atoms with Crippen LogP contribution < -0.4 is 0 Å². The third-order valence-corrected chi connectivity index (χ3v) is 5.32. The molecule has 0 radical (unpaired) electrons. The van der Waals surface area contributed by atoms with Crippen molar-refractivity contribution >= 4 is 23.4 Å². The summed E-state index contributed by atoms with van der Waals surface area (Å²) < 4.78 is 0. The molecule has 1 aliphatic rings. The van der Waals surface area contributed by atoms with Gasteiger partial charge in [-0.15, -0.1) is 5.10 Å². The molecule has 4 nitrogen and oxygen atoms in total. The number of H-pyrrole nitrogens is 1. The van der Waals surface area contributed by atoms with Gasteiger partial charge in [0, 0.05) is 22.4 Å².